The van der Waals surface area contributed by atoms with E-state index in [-0.39, 0.29) is 5.91 Å². The smallest absolute Gasteiger partial charge is 0.292 e. The van der Waals surface area contributed by atoms with E-state index in [1.165, 1.54) is 5.57 Å². The van der Waals surface area contributed by atoms with E-state index in [0.717, 1.165) is 28.6 Å². The van der Waals surface area contributed by atoms with Gasteiger partial charge in [-0.05, 0) is 37.1 Å². The maximum absolute atomic E-state index is 12.4. The van der Waals surface area contributed by atoms with Crippen LogP contribution in [0.5, 0.6) is 5.75 Å². The fourth-order valence-corrected chi connectivity index (χ4v) is 3.21. The van der Waals surface area contributed by atoms with Gasteiger partial charge in [0, 0.05) is 41.8 Å². The number of carbonyl (C=O) groups excluding carboxylic acids is 1. The number of hydrogen-bond donors (Lipinski definition) is 1. The molecule has 0 aliphatic carbocycles. The van der Waals surface area contributed by atoms with Gasteiger partial charge in [-0.2, -0.15) is 0 Å². The van der Waals surface area contributed by atoms with E-state index in [1.807, 2.05) is 24.4 Å². The Hall–Kier alpha value is -3.02. The number of carbonyl (C=O) groups is 1. The van der Waals surface area contributed by atoms with Gasteiger partial charge in [0.2, 0.25) is 5.76 Å². The van der Waals surface area contributed by atoms with Crippen molar-refractivity contribution in [2.24, 2.45) is 0 Å². The number of aromatic amines is 1. The van der Waals surface area contributed by atoms with Crippen LogP contribution in [0.2, 0.25) is 0 Å². The number of benzene rings is 1. The predicted octanol–water partition coefficient (Wildman–Crippen LogP) is 3.40. The van der Waals surface area contributed by atoms with Gasteiger partial charge in [0.05, 0.1) is 12.8 Å². The van der Waals surface area contributed by atoms with Crippen molar-refractivity contribution in [1.29, 1.82) is 0 Å². The first kappa shape index (κ1) is 15.5. The molecule has 3 heterocycles. The Bertz CT molecular complexity index is 967. The van der Waals surface area contributed by atoms with Crippen LogP contribution in [0.15, 0.2) is 41.1 Å². The third-order valence-corrected chi connectivity index (χ3v) is 4.57. The summed E-state index contributed by atoms with van der Waals surface area (Å²) in [5.74, 6) is 1.02. The highest BCUT2D eigenvalue weighted by Gasteiger charge is 2.23. The number of methoxy groups -OCH3 is 1. The first-order valence-electron chi connectivity index (χ1n) is 8.23. The first-order chi connectivity index (χ1) is 12.2. The molecule has 0 spiro atoms. The summed E-state index contributed by atoms with van der Waals surface area (Å²) in [4.78, 5) is 17.5. The SMILES string of the molecule is COc1ccc2[nH]cc(C3=CCN(C(=O)c4cc(C)no4)CC3)c2c1. The summed E-state index contributed by atoms with van der Waals surface area (Å²) < 4.78 is 10.4. The van der Waals surface area contributed by atoms with Gasteiger partial charge in [-0.1, -0.05) is 11.2 Å². The molecule has 1 aromatic carbocycles. The van der Waals surface area contributed by atoms with Crippen LogP contribution >= 0.6 is 0 Å². The fourth-order valence-electron chi connectivity index (χ4n) is 3.21. The molecule has 25 heavy (non-hydrogen) atoms. The van der Waals surface area contributed by atoms with Crippen LogP contribution < -0.4 is 4.74 Å². The number of fused-ring (bicyclic) bond motifs is 1. The van der Waals surface area contributed by atoms with E-state index in [0.29, 0.717) is 24.5 Å². The lowest BCUT2D eigenvalue weighted by atomic mass is 9.98. The highest BCUT2D eigenvalue weighted by molar-refractivity contribution is 5.95. The molecule has 0 radical (unpaired) electrons. The van der Waals surface area contributed by atoms with Crippen LogP contribution in [0.1, 0.15) is 28.2 Å². The van der Waals surface area contributed by atoms with Gasteiger partial charge in [-0.15, -0.1) is 0 Å². The minimum absolute atomic E-state index is 0.114. The van der Waals surface area contributed by atoms with Gasteiger partial charge in [0.15, 0.2) is 0 Å². The number of ether oxygens (including phenoxy) is 1. The van der Waals surface area contributed by atoms with Crippen molar-refractivity contribution in [2.75, 3.05) is 20.2 Å². The summed E-state index contributed by atoms with van der Waals surface area (Å²) in [5.41, 5.74) is 4.19. The molecule has 0 unspecified atom stereocenters. The zero-order chi connectivity index (χ0) is 17.4. The molecule has 6 heteroatoms. The zero-order valence-electron chi connectivity index (χ0n) is 14.2. The third-order valence-electron chi connectivity index (χ3n) is 4.57. The van der Waals surface area contributed by atoms with Crippen molar-refractivity contribution in [3.63, 3.8) is 0 Å². The van der Waals surface area contributed by atoms with Crippen molar-refractivity contribution in [2.45, 2.75) is 13.3 Å². The topological polar surface area (TPSA) is 71.4 Å². The highest BCUT2D eigenvalue weighted by Crippen LogP contribution is 2.31. The molecule has 128 valence electrons. The van der Waals surface area contributed by atoms with E-state index < -0.39 is 0 Å². The molecule has 0 fully saturated rings. The summed E-state index contributed by atoms with van der Waals surface area (Å²) in [6.45, 7) is 3.02. The standard InChI is InChI=1S/C19H19N3O3/c1-12-9-18(25-21-12)19(23)22-7-5-13(6-8-22)16-11-20-17-4-3-14(24-2)10-15(16)17/h3-5,9-11,20H,6-8H2,1-2H3. The molecular weight excluding hydrogens is 318 g/mol. The molecular formula is C19H19N3O3. The number of aromatic nitrogens is 2. The summed E-state index contributed by atoms with van der Waals surface area (Å²) in [7, 11) is 1.67. The van der Waals surface area contributed by atoms with Crippen LogP contribution in [0.25, 0.3) is 16.5 Å². The van der Waals surface area contributed by atoms with Crippen LogP contribution in [0.4, 0.5) is 0 Å². The number of nitrogens with zero attached hydrogens (tertiary/aromatic N) is 2. The van der Waals surface area contributed by atoms with Gasteiger partial charge in [0.1, 0.15) is 5.75 Å². The maximum Gasteiger partial charge on any atom is 0.292 e. The van der Waals surface area contributed by atoms with Crippen LogP contribution in [0, 0.1) is 6.92 Å². The molecule has 0 bridgehead atoms. The second kappa shape index (κ2) is 6.12. The Morgan fingerprint density at radius 2 is 2.24 bits per heavy atom. The van der Waals surface area contributed by atoms with Crippen molar-refractivity contribution in [3.05, 3.63) is 53.6 Å². The number of hydrogen-bond acceptors (Lipinski definition) is 4. The number of amides is 1. The zero-order valence-corrected chi connectivity index (χ0v) is 14.2. The Morgan fingerprint density at radius 1 is 1.36 bits per heavy atom. The van der Waals surface area contributed by atoms with E-state index in [1.54, 1.807) is 25.0 Å². The first-order valence-corrected chi connectivity index (χ1v) is 8.23. The van der Waals surface area contributed by atoms with Gasteiger partial charge in [-0.3, -0.25) is 4.79 Å². The van der Waals surface area contributed by atoms with Crippen LogP contribution in [-0.2, 0) is 0 Å². The number of aryl methyl sites for hydroxylation is 1. The van der Waals surface area contributed by atoms with Gasteiger partial charge < -0.3 is 19.1 Å². The molecule has 1 N–H and O–H groups in total. The predicted molar refractivity (Wildman–Crippen MR) is 94.6 cm³/mol. The summed E-state index contributed by atoms with van der Waals surface area (Å²) in [6, 6.07) is 7.67. The van der Waals surface area contributed by atoms with Crippen molar-refractivity contribution in [1.82, 2.24) is 15.0 Å². The van der Waals surface area contributed by atoms with Crippen molar-refractivity contribution >= 4 is 22.4 Å². The molecule has 4 rings (SSSR count). The molecule has 1 aliphatic heterocycles. The second-order valence-electron chi connectivity index (χ2n) is 6.18. The number of H-pyrrole nitrogens is 1. The van der Waals surface area contributed by atoms with Crippen molar-refractivity contribution in [3.8, 4) is 5.75 Å². The second-order valence-corrected chi connectivity index (χ2v) is 6.18. The van der Waals surface area contributed by atoms with Gasteiger partial charge in [0.25, 0.3) is 5.91 Å². The Labute approximate surface area is 145 Å². The molecule has 2 aromatic heterocycles. The Kier molecular flexibility index (Phi) is 3.80. The summed E-state index contributed by atoms with van der Waals surface area (Å²) in [6.07, 6.45) is 4.92. The van der Waals surface area contributed by atoms with Crippen LogP contribution in [-0.4, -0.2) is 41.1 Å². The molecule has 0 saturated carbocycles. The highest BCUT2D eigenvalue weighted by atomic mass is 16.5. The molecule has 0 saturated heterocycles. The molecule has 1 amide bonds. The number of nitrogens with one attached hydrogen (secondary N) is 1. The molecule has 1 aliphatic rings. The van der Waals surface area contributed by atoms with E-state index in [9.17, 15) is 4.79 Å². The lowest BCUT2D eigenvalue weighted by molar-refractivity contribution is 0.0731. The third kappa shape index (κ3) is 2.80. The van der Waals surface area contributed by atoms with Crippen molar-refractivity contribution < 1.29 is 14.1 Å². The quantitative estimate of drug-likeness (QED) is 0.795. The van der Waals surface area contributed by atoms with E-state index in [4.69, 9.17) is 9.26 Å². The largest absolute Gasteiger partial charge is 0.497 e. The lowest BCUT2D eigenvalue weighted by Crippen LogP contribution is -2.34. The van der Waals surface area contributed by atoms with E-state index in [2.05, 4.69) is 16.2 Å². The van der Waals surface area contributed by atoms with Crippen LogP contribution in [0.3, 0.4) is 0 Å². The van der Waals surface area contributed by atoms with Gasteiger partial charge in [-0.25, -0.2) is 0 Å². The molecule has 6 nitrogen and oxygen atoms in total. The fraction of sp³-hybridized carbons (Fsp3) is 0.263. The minimum atomic E-state index is -0.114. The minimum Gasteiger partial charge on any atom is -0.497 e. The monoisotopic (exact) mass is 337 g/mol. The van der Waals surface area contributed by atoms with E-state index >= 15 is 0 Å². The maximum atomic E-state index is 12.4. The average Bonchev–Trinajstić information content (AvgIpc) is 3.27. The summed E-state index contributed by atoms with van der Waals surface area (Å²) in [5, 5.41) is 4.92. The Morgan fingerprint density at radius 3 is 2.92 bits per heavy atom. The van der Waals surface area contributed by atoms with Gasteiger partial charge >= 0.3 is 0 Å². The Balaban J connectivity index is 1.57. The molecule has 0 atom stereocenters. The average molecular weight is 337 g/mol. The summed E-state index contributed by atoms with van der Waals surface area (Å²) >= 11 is 0. The normalized spacial score (nSPS) is 14.6. The molecule has 3 aromatic rings. The number of rotatable bonds is 3. The lowest BCUT2D eigenvalue weighted by Gasteiger charge is -2.25.